The van der Waals surface area contributed by atoms with Crippen LogP contribution in [0.15, 0.2) is 30.5 Å². The highest BCUT2D eigenvalue weighted by atomic mass is 35.5. The summed E-state index contributed by atoms with van der Waals surface area (Å²) in [5.41, 5.74) is -1.03. The van der Waals surface area contributed by atoms with Crippen molar-refractivity contribution in [3.63, 3.8) is 0 Å². The monoisotopic (exact) mass is 555 g/mol. The number of carbonyl (C=O) groups excluding carboxylic acids is 1. The lowest BCUT2D eigenvalue weighted by molar-refractivity contribution is -0.140. The molecule has 3 N–H and O–H groups in total. The smallest absolute Gasteiger partial charge is 0.388 e. The molecule has 7 nitrogen and oxygen atoms in total. The number of fused-ring (bicyclic) bond motifs is 1. The van der Waals surface area contributed by atoms with Crippen molar-refractivity contribution in [3.05, 3.63) is 51.9 Å². The first kappa shape index (κ1) is 26.1. The topological polar surface area (TPSA) is 92.1 Å². The van der Waals surface area contributed by atoms with Crippen LogP contribution in [-0.4, -0.2) is 43.5 Å². The number of pyridine rings is 1. The predicted octanol–water partition coefficient (Wildman–Crippen LogP) is 5.83. The van der Waals surface area contributed by atoms with Gasteiger partial charge in [0.2, 0.25) is 0 Å². The van der Waals surface area contributed by atoms with Crippen LogP contribution in [-0.2, 0) is 12.7 Å². The van der Waals surface area contributed by atoms with Gasteiger partial charge in [-0.1, -0.05) is 36.0 Å². The summed E-state index contributed by atoms with van der Waals surface area (Å²) in [5, 5.41) is 21.5. The van der Waals surface area contributed by atoms with Crippen LogP contribution in [0.3, 0.4) is 0 Å². The molecule has 0 radical (unpaired) electrons. The van der Waals surface area contributed by atoms with Gasteiger partial charge in [0.25, 0.3) is 5.91 Å². The first-order chi connectivity index (χ1) is 17.5. The molecule has 2 aliphatic rings. The van der Waals surface area contributed by atoms with Crippen LogP contribution in [0.2, 0.25) is 10.2 Å². The molecule has 0 spiro atoms. The van der Waals surface area contributed by atoms with E-state index in [0.717, 1.165) is 31.7 Å². The molecule has 37 heavy (non-hydrogen) atoms. The van der Waals surface area contributed by atoms with Gasteiger partial charge in [0.05, 0.1) is 23.2 Å². The molecule has 5 rings (SSSR count). The Balaban J connectivity index is 1.32. The first-order valence-electron chi connectivity index (χ1n) is 12.2. The standard InChI is InChI=1S/C25H26Cl2F3N5O2/c26-14-5-6-19-17(9-14)20(11-21(33-19)25(28,29)30)31-15-3-1-2-4-16(10-15)32-23(36)18-12-35(34-22(18)27)13-24(37)7-8-24/h5-6,9,11-12,15-16,37H,1-4,7-8,10,13H2,(H,31,33)(H,32,36)/t15-,16-/m1/s1. The number of anilines is 1. The Hall–Kier alpha value is -2.56. The summed E-state index contributed by atoms with van der Waals surface area (Å²) in [6.45, 7) is 0.277. The number of halogens is 5. The highest BCUT2D eigenvalue weighted by molar-refractivity contribution is 6.32. The minimum Gasteiger partial charge on any atom is -0.388 e. The van der Waals surface area contributed by atoms with Crippen molar-refractivity contribution in [2.45, 2.75) is 75.4 Å². The quantitative estimate of drug-likeness (QED) is 0.333. The lowest BCUT2D eigenvalue weighted by Crippen LogP contribution is -2.38. The van der Waals surface area contributed by atoms with E-state index in [1.165, 1.54) is 23.0 Å². The number of rotatable bonds is 6. The SMILES string of the molecule is O=C(N[C@@H]1CCCC[C@@H](Nc2cc(C(F)(F)F)nc3ccc(Cl)cc23)C1)c1cn(CC2(O)CC2)nc1Cl. The first-order valence-corrected chi connectivity index (χ1v) is 12.9. The Bertz CT molecular complexity index is 1330. The molecule has 2 atom stereocenters. The van der Waals surface area contributed by atoms with Crippen LogP contribution >= 0.6 is 23.2 Å². The number of benzene rings is 1. The van der Waals surface area contributed by atoms with Gasteiger partial charge in [0.1, 0.15) is 5.69 Å². The lowest BCUT2D eigenvalue weighted by atomic mass is 10.0. The molecule has 2 saturated carbocycles. The van der Waals surface area contributed by atoms with Crippen molar-refractivity contribution in [3.8, 4) is 0 Å². The summed E-state index contributed by atoms with van der Waals surface area (Å²) in [4.78, 5) is 16.8. The fourth-order valence-electron chi connectivity index (χ4n) is 4.80. The molecular weight excluding hydrogens is 530 g/mol. The third kappa shape index (κ3) is 6.13. The Morgan fingerprint density at radius 2 is 1.89 bits per heavy atom. The van der Waals surface area contributed by atoms with Crippen molar-refractivity contribution in [1.82, 2.24) is 20.1 Å². The molecule has 1 amide bonds. The molecule has 198 valence electrons. The molecule has 3 aromatic rings. The van der Waals surface area contributed by atoms with Gasteiger partial charge in [-0.2, -0.15) is 18.3 Å². The van der Waals surface area contributed by atoms with Gasteiger partial charge in [-0.3, -0.25) is 9.48 Å². The number of alkyl halides is 3. The highest BCUT2D eigenvalue weighted by Crippen LogP contribution is 2.37. The number of amides is 1. The molecule has 1 aromatic carbocycles. The maximum absolute atomic E-state index is 13.5. The third-order valence-corrected chi connectivity index (χ3v) is 7.44. The number of nitrogens with zero attached hydrogens (tertiary/aromatic N) is 3. The average molecular weight is 556 g/mol. The van der Waals surface area contributed by atoms with E-state index in [1.807, 2.05) is 0 Å². The lowest BCUT2D eigenvalue weighted by Gasteiger charge is -2.24. The van der Waals surface area contributed by atoms with Crippen molar-refractivity contribution in [2.75, 3.05) is 5.32 Å². The van der Waals surface area contributed by atoms with E-state index >= 15 is 0 Å². The zero-order valence-corrected chi connectivity index (χ0v) is 21.3. The van der Waals surface area contributed by atoms with Gasteiger partial charge >= 0.3 is 6.18 Å². The third-order valence-electron chi connectivity index (χ3n) is 6.92. The van der Waals surface area contributed by atoms with E-state index in [0.29, 0.717) is 35.4 Å². The predicted molar refractivity (Wildman–Crippen MR) is 135 cm³/mol. The molecule has 0 unspecified atom stereocenters. The van der Waals surface area contributed by atoms with Gasteiger partial charge < -0.3 is 15.7 Å². The summed E-state index contributed by atoms with van der Waals surface area (Å²) in [5.74, 6) is -0.370. The van der Waals surface area contributed by atoms with E-state index in [1.54, 1.807) is 6.07 Å². The molecule has 2 fully saturated rings. The normalized spacial score (nSPS) is 21.5. The van der Waals surface area contributed by atoms with Crippen LogP contribution in [0.4, 0.5) is 18.9 Å². The average Bonchev–Trinajstić information content (AvgIpc) is 3.49. The van der Waals surface area contributed by atoms with E-state index in [9.17, 15) is 23.1 Å². The fourth-order valence-corrected chi connectivity index (χ4v) is 5.21. The number of hydrogen-bond donors (Lipinski definition) is 3. The van der Waals surface area contributed by atoms with Crippen LogP contribution in [0, 0.1) is 0 Å². The second kappa shape index (κ2) is 9.96. The number of aliphatic hydroxyl groups is 1. The van der Waals surface area contributed by atoms with E-state index in [-0.39, 0.29) is 40.8 Å². The van der Waals surface area contributed by atoms with Crippen LogP contribution in [0.1, 0.15) is 61.0 Å². The largest absolute Gasteiger partial charge is 0.433 e. The van der Waals surface area contributed by atoms with Gasteiger partial charge in [-0.15, -0.1) is 0 Å². The maximum Gasteiger partial charge on any atom is 0.433 e. The van der Waals surface area contributed by atoms with Crippen molar-refractivity contribution in [2.24, 2.45) is 0 Å². The minimum absolute atomic E-state index is 0.0601. The van der Waals surface area contributed by atoms with Crippen LogP contribution in [0.5, 0.6) is 0 Å². The molecular formula is C25H26Cl2F3N5O2. The van der Waals surface area contributed by atoms with Crippen molar-refractivity contribution < 1.29 is 23.1 Å². The summed E-state index contributed by atoms with van der Waals surface area (Å²) >= 11 is 12.3. The second-order valence-electron chi connectivity index (χ2n) is 10.0. The molecule has 0 bridgehead atoms. The number of carbonyl (C=O) groups is 1. The molecule has 12 heteroatoms. The van der Waals surface area contributed by atoms with E-state index in [2.05, 4.69) is 20.7 Å². The summed E-state index contributed by atoms with van der Waals surface area (Å²) < 4.78 is 42.0. The molecule has 2 aliphatic carbocycles. The molecule has 0 saturated heterocycles. The van der Waals surface area contributed by atoms with Gasteiger partial charge in [-0.05, 0) is 56.4 Å². The van der Waals surface area contributed by atoms with E-state index in [4.69, 9.17) is 23.2 Å². The summed E-state index contributed by atoms with van der Waals surface area (Å²) in [6, 6.07) is 5.20. The number of aromatic nitrogens is 3. The molecule has 2 aromatic heterocycles. The Kier molecular flexibility index (Phi) is 7.02. The van der Waals surface area contributed by atoms with Gasteiger partial charge in [-0.25, -0.2) is 4.98 Å². The maximum atomic E-state index is 13.5. The van der Waals surface area contributed by atoms with Crippen LogP contribution < -0.4 is 10.6 Å². The number of nitrogens with one attached hydrogen (secondary N) is 2. The van der Waals surface area contributed by atoms with Gasteiger partial charge in [0.15, 0.2) is 5.15 Å². The molecule has 2 heterocycles. The number of hydrogen-bond acceptors (Lipinski definition) is 5. The zero-order valence-electron chi connectivity index (χ0n) is 19.8. The van der Waals surface area contributed by atoms with Crippen molar-refractivity contribution in [1.29, 1.82) is 0 Å². The Morgan fingerprint density at radius 1 is 1.16 bits per heavy atom. The Labute approximate surface area is 221 Å². The molecule has 0 aliphatic heterocycles. The van der Waals surface area contributed by atoms with Gasteiger partial charge in [0, 0.05) is 34.4 Å². The Morgan fingerprint density at radius 3 is 2.59 bits per heavy atom. The summed E-state index contributed by atoms with van der Waals surface area (Å²) in [6.07, 6.45) is 2.01. The zero-order chi connectivity index (χ0) is 26.4. The minimum atomic E-state index is -4.59. The fraction of sp³-hybridized carbons (Fsp3) is 0.480. The van der Waals surface area contributed by atoms with Crippen LogP contribution in [0.25, 0.3) is 10.9 Å². The van der Waals surface area contributed by atoms with E-state index < -0.39 is 17.5 Å². The highest BCUT2D eigenvalue weighted by Gasteiger charge is 2.41. The second-order valence-corrected chi connectivity index (χ2v) is 10.8. The van der Waals surface area contributed by atoms with Crippen molar-refractivity contribution >= 4 is 45.7 Å². The summed E-state index contributed by atoms with van der Waals surface area (Å²) in [7, 11) is 0.